The molecule has 4 aliphatic rings. The van der Waals surface area contributed by atoms with E-state index in [9.17, 15) is 14.7 Å². The molecule has 7 nitrogen and oxygen atoms in total. The van der Waals surface area contributed by atoms with Crippen molar-refractivity contribution in [3.63, 3.8) is 0 Å². The molecular weight excluding hydrogens is 416 g/mol. The molecule has 8 heteroatoms. The number of aromatic nitrogens is 1. The zero-order chi connectivity index (χ0) is 22.3. The summed E-state index contributed by atoms with van der Waals surface area (Å²) in [7, 11) is 0. The number of hydrogen-bond acceptors (Lipinski definition) is 6. The Bertz CT molecular complexity index is 806. The lowest BCUT2D eigenvalue weighted by Gasteiger charge is -2.54. The largest absolute Gasteiger partial charge is 0.481 e. The van der Waals surface area contributed by atoms with Gasteiger partial charge in [0.25, 0.3) is 11.8 Å². The summed E-state index contributed by atoms with van der Waals surface area (Å²) >= 11 is 1.48. The fourth-order valence-corrected chi connectivity index (χ4v) is 6.55. The van der Waals surface area contributed by atoms with Crippen LogP contribution in [0.5, 0.6) is 5.88 Å². The van der Waals surface area contributed by atoms with E-state index >= 15 is 0 Å². The van der Waals surface area contributed by atoms with Crippen LogP contribution in [0.4, 0.5) is 0 Å². The molecule has 4 fully saturated rings. The van der Waals surface area contributed by atoms with E-state index in [1.54, 1.807) is 13.8 Å². The van der Waals surface area contributed by atoms with E-state index in [2.05, 4.69) is 24.3 Å². The van der Waals surface area contributed by atoms with E-state index in [-0.39, 0.29) is 30.2 Å². The number of amides is 1. The zero-order valence-corrected chi connectivity index (χ0v) is 19.7. The minimum Gasteiger partial charge on any atom is -0.481 e. The highest BCUT2D eigenvalue weighted by Gasteiger charge is 2.49. The number of carbonyl (C=O) groups excluding carboxylic acids is 1. The molecular formula is C23H34N2O5S. The number of hydrogen-bond donors (Lipinski definition) is 2. The summed E-state index contributed by atoms with van der Waals surface area (Å²) in [5.74, 6) is 3.21. The van der Waals surface area contributed by atoms with Gasteiger partial charge in [0.1, 0.15) is 11.5 Å². The van der Waals surface area contributed by atoms with Crippen LogP contribution in [0, 0.1) is 35.0 Å². The van der Waals surface area contributed by atoms with E-state index in [0.29, 0.717) is 22.6 Å². The van der Waals surface area contributed by atoms with Crippen LogP contribution in [-0.2, 0) is 4.79 Å². The maximum absolute atomic E-state index is 13.2. The summed E-state index contributed by atoms with van der Waals surface area (Å²) in [5, 5.41) is 16.6. The molecule has 5 rings (SSSR count). The van der Waals surface area contributed by atoms with Crippen molar-refractivity contribution < 1.29 is 24.0 Å². The summed E-state index contributed by atoms with van der Waals surface area (Å²) in [6, 6.07) is 0.212. The third-order valence-electron chi connectivity index (χ3n) is 7.06. The molecule has 2 N–H and O–H groups in total. The van der Waals surface area contributed by atoms with E-state index in [1.165, 1.54) is 43.9 Å². The molecule has 0 unspecified atom stereocenters. The first-order valence-electron chi connectivity index (χ1n) is 11.4. The standard InChI is InChI=1S/C23H34N2O5S/c1-12(2)10-31-19-18(30-25-21(19)29-11-23(3,4)22(27)28)20(26)24-17-15-6-13-5-14(8-15)9-16(17)7-13/h12-17H,5-11H2,1-4H3,(H,24,26)(H,27,28). The minimum absolute atomic E-state index is 0.0548. The molecule has 31 heavy (non-hydrogen) atoms. The molecule has 1 aromatic heterocycles. The lowest BCUT2D eigenvalue weighted by molar-refractivity contribution is -0.148. The van der Waals surface area contributed by atoms with Crippen molar-refractivity contribution in [2.45, 2.75) is 70.7 Å². The van der Waals surface area contributed by atoms with Crippen LogP contribution in [0.2, 0.25) is 0 Å². The molecule has 1 amide bonds. The normalized spacial score (nSPS) is 29.4. The second-order valence-corrected chi connectivity index (χ2v) is 11.8. The lowest BCUT2D eigenvalue weighted by atomic mass is 9.54. The van der Waals surface area contributed by atoms with Gasteiger partial charge in [-0.15, -0.1) is 11.8 Å². The number of nitrogens with one attached hydrogen (secondary N) is 1. The van der Waals surface area contributed by atoms with Gasteiger partial charge in [0.2, 0.25) is 5.76 Å². The first kappa shape index (κ1) is 22.5. The van der Waals surface area contributed by atoms with Crippen molar-refractivity contribution >= 4 is 23.6 Å². The van der Waals surface area contributed by atoms with Crippen molar-refractivity contribution in [2.75, 3.05) is 12.4 Å². The summed E-state index contributed by atoms with van der Waals surface area (Å²) in [4.78, 5) is 25.2. The molecule has 0 saturated heterocycles. The molecule has 1 aromatic rings. The third kappa shape index (κ3) is 4.73. The number of carboxylic acid groups (broad SMARTS) is 1. The van der Waals surface area contributed by atoms with Crippen LogP contribution in [0.3, 0.4) is 0 Å². The Balaban J connectivity index is 1.49. The Morgan fingerprint density at radius 3 is 2.35 bits per heavy atom. The fourth-order valence-electron chi connectivity index (χ4n) is 5.57. The summed E-state index contributed by atoms with van der Waals surface area (Å²) in [6.45, 7) is 7.33. The predicted molar refractivity (Wildman–Crippen MR) is 117 cm³/mol. The highest BCUT2D eigenvalue weighted by Crippen LogP contribution is 2.53. The third-order valence-corrected chi connectivity index (χ3v) is 8.54. The zero-order valence-electron chi connectivity index (χ0n) is 18.8. The molecule has 4 aliphatic carbocycles. The maximum Gasteiger partial charge on any atom is 0.312 e. The van der Waals surface area contributed by atoms with E-state index < -0.39 is 11.4 Å². The Labute approximate surface area is 188 Å². The predicted octanol–water partition coefficient (Wildman–Crippen LogP) is 4.47. The van der Waals surface area contributed by atoms with Crippen molar-refractivity contribution in [3.8, 4) is 5.88 Å². The van der Waals surface area contributed by atoms with Crippen LogP contribution in [0.25, 0.3) is 0 Å². The van der Waals surface area contributed by atoms with E-state index in [4.69, 9.17) is 9.26 Å². The van der Waals surface area contributed by atoms with Gasteiger partial charge in [0.15, 0.2) is 0 Å². The summed E-state index contributed by atoms with van der Waals surface area (Å²) in [6.07, 6.45) is 6.27. The number of aliphatic carboxylic acids is 1. The van der Waals surface area contributed by atoms with Crippen molar-refractivity contribution in [3.05, 3.63) is 5.76 Å². The molecule has 0 atom stereocenters. The number of ether oxygens (including phenoxy) is 1. The molecule has 0 aromatic carbocycles. The van der Waals surface area contributed by atoms with E-state index in [0.717, 1.165) is 17.6 Å². The average Bonchev–Trinajstić information content (AvgIpc) is 3.09. The number of carbonyl (C=O) groups is 2. The maximum atomic E-state index is 13.2. The molecule has 172 valence electrons. The first-order valence-corrected chi connectivity index (χ1v) is 12.4. The second-order valence-electron chi connectivity index (χ2n) is 10.8. The SMILES string of the molecule is CC(C)CSc1c(OCC(C)(C)C(=O)O)noc1C(=O)NC1C2CC3CC(C2)CC1C3. The fraction of sp³-hybridized carbons (Fsp3) is 0.783. The quantitative estimate of drug-likeness (QED) is 0.535. The molecule has 0 radical (unpaired) electrons. The smallest absolute Gasteiger partial charge is 0.312 e. The molecule has 0 spiro atoms. The molecule has 4 bridgehead atoms. The number of rotatable bonds is 9. The van der Waals surface area contributed by atoms with Crippen LogP contribution >= 0.6 is 11.8 Å². The van der Waals surface area contributed by atoms with Gasteiger partial charge in [0, 0.05) is 11.8 Å². The topological polar surface area (TPSA) is 102 Å². The number of carboxylic acids is 1. The van der Waals surface area contributed by atoms with Crippen molar-refractivity contribution in [1.29, 1.82) is 0 Å². The minimum atomic E-state index is -1.07. The first-order chi connectivity index (χ1) is 14.6. The van der Waals surface area contributed by atoms with Crippen LogP contribution in [-0.4, -0.2) is 40.5 Å². The van der Waals surface area contributed by atoms with Crippen LogP contribution < -0.4 is 10.1 Å². The van der Waals surface area contributed by atoms with Gasteiger partial charge in [-0.25, -0.2) is 0 Å². The Morgan fingerprint density at radius 2 is 1.81 bits per heavy atom. The van der Waals surface area contributed by atoms with Gasteiger partial charge in [-0.05, 0) is 80.7 Å². The number of nitrogens with zero attached hydrogens (tertiary/aromatic N) is 1. The van der Waals surface area contributed by atoms with E-state index in [1.807, 2.05) is 0 Å². The molecule has 0 aliphatic heterocycles. The van der Waals surface area contributed by atoms with Gasteiger partial charge in [-0.2, -0.15) is 0 Å². The highest BCUT2D eigenvalue weighted by atomic mass is 32.2. The van der Waals surface area contributed by atoms with Crippen molar-refractivity contribution in [2.24, 2.45) is 35.0 Å². The molecule has 4 saturated carbocycles. The van der Waals surface area contributed by atoms with Gasteiger partial charge in [-0.1, -0.05) is 13.8 Å². The monoisotopic (exact) mass is 450 g/mol. The van der Waals surface area contributed by atoms with Crippen molar-refractivity contribution in [1.82, 2.24) is 10.5 Å². The van der Waals surface area contributed by atoms with Crippen LogP contribution in [0.1, 0.15) is 70.4 Å². The average molecular weight is 451 g/mol. The second kappa shape index (κ2) is 8.68. The van der Waals surface area contributed by atoms with Gasteiger partial charge >= 0.3 is 5.97 Å². The molecule has 1 heterocycles. The number of thioether (sulfide) groups is 1. The van der Waals surface area contributed by atoms with Gasteiger partial charge < -0.3 is 19.7 Å². The van der Waals surface area contributed by atoms with Gasteiger partial charge in [-0.3, -0.25) is 9.59 Å². The Kier molecular flexibility index (Phi) is 6.30. The highest BCUT2D eigenvalue weighted by molar-refractivity contribution is 7.99. The Morgan fingerprint density at radius 1 is 1.19 bits per heavy atom. The summed E-state index contributed by atoms with van der Waals surface area (Å²) < 4.78 is 11.2. The van der Waals surface area contributed by atoms with Crippen LogP contribution in [0.15, 0.2) is 9.42 Å². The van der Waals surface area contributed by atoms with Gasteiger partial charge in [0.05, 0.1) is 5.41 Å². The Hall–Kier alpha value is -1.70. The summed E-state index contributed by atoms with van der Waals surface area (Å²) in [5.41, 5.74) is -1.07. The lowest BCUT2D eigenvalue weighted by Crippen LogP contribution is -2.55.